The standard InChI is InChI=1S/C20H44NO.ClH/c1-5-6-7-8-9-10-11-12-13-14-15-16-17-20(2)21(3,4)18-19-22;/h20,22H,5-19H2,1-4H3;1H/q+1;/p-1. The predicted octanol–water partition coefficient (Wildman–Crippen LogP) is 2.54. The molecule has 1 unspecified atom stereocenters. The second kappa shape index (κ2) is 17.0. The Hall–Kier alpha value is 0.210. The molecule has 0 aliphatic carbocycles. The summed E-state index contributed by atoms with van der Waals surface area (Å²) in [6, 6.07) is 0.662. The minimum absolute atomic E-state index is 0. The van der Waals surface area contributed by atoms with Gasteiger partial charge in [0.25, 0.3) is 0 Å². The van der Waals surface area contributed by atoms with Gasteiger partial charge in [0.15, 0.2) is 0 Å². The Morgan fingerprint density at radius 1 is 0.739 bits per heavy atom. The summed E-state index contributed by atoms with van der Waals surface area (Å²) in [6.07, 6.45) is 18.3. The third-order valence-electron chi connectivity index (χ3n) is 5.34. The van der Waals surface area contributed by atoms with Crippen molar-refractivity contribution in [1.29, 1.82) is 0 Å². The average Bonchev–Trinajstić information content (AvgIpc) is 2.48. The Morgan fingerprint density at radius 2 is 1.13 bits per heavy atom. The summed E-state index contributed by atoms with van der Waals surface area (Å²) < 4.78 is 0.953. The summed E-state index contributed by atoms with van der Waals surface area (Å²) in [4.78, 5) is 0. The molecule has 23 heavy (non-hydrogen) atoms. The molecule has 0 saturated carbocycles. The molecule has 0 aromatic heterocycles. The van der Waals surface area contributed by atoms with Crippen molar-refractivity contribution in [3.05, 3.63) is 0 Å². The minimum Gasteiger partial charge on any atom is -1.00 e. The molecule has 0 bridgehead atoms. The molecule has 0 saturated heterocycles. The van der Waals surface area contributed by atoms with Crippen LogP contribution in [-0.4, -0.2) is 42.9 Å². The average molecular weight is 350 g/mol. The van der Waals surface area contributed by atoms with Gasteiger partial charge in [-0.05, 0) is 19.8 Å². The summed E-state index contributed by atoms with van der Waals surface area (Å²) >= 11 is 0. The Morgan fingerprint density at radius 3 is 1.52 bits per heavy atom. The number of hydrogen-bond acceptors (Lipinski definition) is 1. The molecule has 0 heterocycles. The molecule has 0 aliphatic heterocycles. The largest absolute Gasteiger partial charge is 1.00 e. The lowest BCUT2D eigenvalue weighted by Crippen LogP contribution is -3.00. The smallest absolute Gasteiger partial charge is 0.102 e. The van der Waals surface area contributed by atoms with Crippen LogP contribution in [0.5, 0.6) is 0 Å². The van der Waals surface area contributed by atoms with E-state index in [2.05, 4.69) is 27.9 Å². The first-order valence-corrected chi connectivity index (χ1v) is 9.98. The minimum atomic E-state index is 0. The van der Waals surface area contributed by atoms with Gasteiger partial charge in [-0.1, -0.05) is 77.6 Å². The predicted molar refractivity (Wildman–Crippen MR) is 99.2 cm³/mol. The van der Waals surface area contributed by atoms with Gasteiger partial charge in [-0.3, -0.25) is 0 Å². The van der Waals surface area contributed by atoms with E-state index < -0.39 is 0 Å². The van der Waals surface area contributed by atoms with Gasteiger partial charge in [0, 0.05) is 0 Å². The van der Waals surface area contributed by atoms with Crippen molar-refractivity contribution in [2.75, 3.05) is 27.2 Å². The van der Waals surface area contributed by atoms with Gasteiger partial charge in [-0.2, -0.15) is 0 Å². The van der Waals surface area contributed by atoms with Crippen molar-refractivity contribution in [1.82, 2.24) is 0 Å². The zero-order valence-electron chi connectivity index (χ0n) is 16.5. The molecule has 0 aliphatic rings. The maximum Gasteiger partial charge on any atom is 0.102 e. The highest BCUT2D eigenvalue weighted by molar-refractivity contribution is 4.54. The molecule has 1 N–H and O–H groups in total. The molecular formula is C20H44ClNO. The quantitative estimate of drug-likeness (QED) is 0.335. The van der Waals surface area contributed by atoms with Crippen molar-refractivity contribution in [3.8, 4) is 0 Å². The summed E-state index contributed by atoms with van der Waals surface area (Å²) in [5, 5.41) is 9.11. The van der Waals surface area contributed by atoms with Crippen LogP contribution in [-0.2, 0) is 0 Å². The van der Waals surface area contributed by atoms with E-state index in [1.54, 1.807) is 0 Å². The summed E-state index contributed by atoms with van der Waals surface area (Å²) in [5.74, 6) is 0. The molecule has 0 aromatic rings. The Labute approximate surface area is 153 Å². The van der Waals surface area contributed by atoms with Crippen LogP contribution < -0.4 is 12.4 Å². The third-order valence-corrected chi connectivity index (χ3v) is 5.34. The SMILES string of the molecule is CCCCCCCCCCCCCCC(C)[N+](C)(C)CCO.[Cl-]. The third kappa shape index (κ3) is 15.5. The van der Waals surface area contributed by atoms with E-state index in [9.17, 15) is 0 Å². The number of halogens is 1. The van der Waals surface area contributed by atoms with E-state index in [1.165, 1.54) is 83.5 Å². The number of aliphatic hydroxyl groups is 1. The van der Waals surface area contributed by atoms with Crippen LogP contribution in [0.15, 0.2) is 0 Å². The number of likely N-dealkylation sites (N-methyl/N-ethyl adjacent to an activating group) is 1. The van der Waals surface area contributed by atoms with Gasteiger partial charge in [0.05, 0.1) is 26.7 Å². The maximum atomic E-state index is 9.11. The number of quaternary nitrogens is 1. The van der Waals surface area contributed by atoms with Gasteiger partial charge < -0.3 is 22.0 Å². The van der Waals surface area contributed by atoms with Crippen molar-refractivity contribution in [2.45, 2.75) is 103 Å². The molecule has 0 spiro atoms. The molecule has 0 rings (SSSR count). The second-order valence-corrected chi connectivity index (χ2v) is 7.75. The summed E-state index contributed by atoms with van der Waals surface area (Å²) in [5.41, 5.74) is 0. The van der Waals surface area contributed by atoms with Gasteiger partial charge >= 0.3 is 0 Å². The van der Waals surface area contributed by atoms with Crippen molar-refractivity contribution >= 4 is 0 Å². The van der Waals surface area contributed by atoms with Crippen LogP contribution in [0.4, 0.5) is 0 Å². The Kier molecular flexibility index (Phi) is 18.9. The van der Waals surface area contributed by atoms with E-state index >= 15 is 0 Å². The molecule has 0 aromatic carbocycles. The summed E-state index contributed by atoms with van der Waals surface area (Å²) in [6.45, 7) is 5.79. The molecule has 3 heteroatoms. The number of rotatable bonds is 16. The molecule has 2 nitrogen and oxygen atoms in total. The van der Waals surface area contributed by atoms with E-state index in [4.69, 9.17) is 5.11 Å². The fraction of sp³-hybridized carbons (Fsp3) is 1.00. The van der Waals surface area contributed by atoms with Gasteiger partial charge in [-0.15, -0.1) is 0 Å². The monoisotopic (exact) mass is 349 g/mol. The maximum absolute atomic E-state index is 9.11. The zero-order valence-corrected chi connectivity index (χ0v) is 17.2. The van der Waals surface area contributed by atoms with Gasteiger partial charge in [0.2, 0.25) is 0 Å². The first-order valence-electron chi connectivity index (χ1n) is 9.98. The number of hydrogen-bond donors (Lipinski definition) is 1. The highest BCUT2D eigenvalue weighted by Crippen LogP contribution is 2.16. The molecular weight excluding hydrogens is 306 g/mol. The van der Waals surface area contributed by atoms with E-state index in [-0.39, 0.29) is 12.4 Å². The van der Waals surface area contributed by atoms with Crippen LogP contribution in [0.25, 0.3) is 0 Å². The van der Waals surface area contributed by atoms with E-state index in [1.807, 2.05) is 0 Å². The second-order valence-electron chi connectivity index (χ2n) is 7.75. The van der Waals surface area contributed by atoms with Crippen molar-refractivity contribution in [2.24, 2.45) is 0 Å². The number of unbranched alkanes of at least 4 members (excludes halogenated alkanes) is 11. The molecule has 0 amide bonds. The van der Waals surface area contributed by atoms with Crippen LogP contribution in [0.3, 0.4) is 0 Å². The van der Waals surface area contributed by atoms with Gasteiger partial charge in [0.1, 0.15) is 6.54 Å². The molecule has 1 atom stereocenters. The molecule has 142 valence electrons. The van der Waals surface area contributed by atoms with E-state index in [0.29, 0.717) is 12.6 Å². The number of aliphatic hydroxyl groups excluding tert-OH is 1. The lowest BCUT2D eigenvalue weighted by Gasteiger charge is -2.35. The van der Waals surface area contributed by atoms with Crippen LogP contribution in [0.1, 0.15) is 97.3 Å². The first kappa shape index (κ1) is 25.5. The van der Waals surface area contributed by atoms with Crippen LogP contribution in [0, 0.1) is 0 Å². The van der Waals surface area contributed by atoms with Crippen molar-refractivity contribution < 1.29 is 22.0 Å². The van der Waals surface area contributed by atoms with E-state index in [0.717, 1.165) is 11.0 Å². The highest BCUT2D eigenvalue weighted by atomic mass is 35.5. The zero-order chi connectivity index (χ0) is 16.7. The Balaban J connectivity index is 0. The van der Waals surface area contributed by atoms with Crippen LogP contribution in [0.2, 0.25) is 0 Å². The van der Waals surface area contributed by atoms with Gasteiger partial charge in [-0.25, -0.2) is 0 Å². The Bertz CT molecular complexity index is 234. The first-order chi connectivity index (χ1) is 10.5. The number of nitrogens with zero attached hydrogens (tertiary/aromatic N) is 1. The molecule has 0 radical (unpaired) electrons. The molecule has 0 fully saturated rings. The highest BCUT2D eigenvalue weighted by Gasteiger charge is 2.22. The lowest BCUT2D eigenvalue weighted by atomic mass is 10.0. The fourth-order valence-corrected chi connectivity index (χ4v) is 3.11. The normalized spacial score (nSPS) is 12.9. The van der Waals surface area contributed by atoms with Crippen molar-refractivity contribution in [3.63, 3.8) is 0 Å². The summed E-state index contributed by atoms with van der Waals surface area (Å²) in [7, 11) is 4.47. The van der Waals surface area contributed by atoms with Crippen LogP contribution >= 0.6 is 0 Å². The fourth-order valence-electron chi connectivity index (χ4n) is 3.11. The lowest BCUT2D eigenvalue weighted by molar-refractivity contribution is -0.913. The topological polar surface area (TPSA) is 20.2 Å².